The van der Waals surface area contributed by atoms with E-state index in [1.165, 1.54) is 0 Å². The lowest BCUT2D eigenvalue weighted by atomic mass is 10.1. The van der Waals surface area contributed by atoms with E-state index >= 15 is 0 Å². The van der Waals surface area contributed by atoms with Crippen molar-refractivity contribution < 1.29 is 9.59 Å². The molecule has 0 bridgehead atoms. The van der Waals surface area contributed by atoms with Crippen LogP contribution in [-0.4, -0.2) is 17.9 Å². The van der Waals surface area contributed by atoms with Crippen molar-refractivity contribution in [1.82, 2.24) is 5.32 Å². The van der Waals surface area contributed by atoms with Crippen LogP contribution in [0.25, 0.3) is 0 Å². The average molecular weight is 280 g/mol. The lowest BCUT2D eigenvalue weighted by Crippen LogP contribution is -2.25. The number of hydrogen-bond donors (Lipinski definition) is 2. The summed E-state index contributed by atoms with van der Waals surface area (Å²) in [6.07, 6.45) is 2.13. The van der Waals surface area contributed by atoms with Crippen LogP contribution >= 0.6 is 0 Å². The van der Waals surface area contributed by atoms with Crippen molar-refractivity contribution in [2.24, 2.45) is 0 Å². The van der Waals surface area contributed by atoms with Gasteiger partial charge in [0.25, 0.3) is 11.8 Å². The Hall–Kier alpha value is -2.62. The van der Waals surface area contributed by atoms with E-state index in [9.17, 15) is 9.59 Å². The highest BCUT2D eigenvalue weighted by Crippen LogP contribution is 2.19. The summed E-state index contributed by atoms with van der Waals surface area (Å²) in [5.74, 6) is -0.218. The van der Waals surface area contributed by atoms with Crippen molar-refractivity contribution >= 4 is 17.5 Å². The van der Waals surface area contributed by atoms with E-state index in [0.717, 1.165) is 12.8 Å². The van der Waals surface area contributed by atoms with Crippen LogP contribution in [0, 0.1) is 0 Å². The Labute approximate surface area is 123 Å². The number of anilines is 1. The molecule has 0 heterocycles. The summed E-state index contributed by atoms with van der Waals surface area (Å²) in [6, 6.07) is 16.3. The van der Waals surface area contributed by atoms with Crippen molar-refractivity contribution in [3.63, 3.8) is 0 Å². The fraction of sp³-hybridized carbons (Fsp3) is 0.176. The molecule has 0 unspecified atom stereocenters. The predicted molar refractivity (Wildman–Crippen MR) is 81.3 cm³/mol. The van der Waals surface area contributed by atoms with Crippen molar-refractivity contribution in [2.75, 3.05) is 5.32 Å². The Morgan fingerprint density at radius 3 is 2.05 bits per heavy atom. The Bertz CT molecular complexity index is 646. The molecule has 4 heteroatoms. The molecule has 2 amide bonds. The van der Waals surface area contributed by atoms with Crippen LogP contribution < -0.4 is 10.6 Å². The fourth-order valence-corrected chi connectivity index (χ4v) is 1.99. The van der Waals surface area contributed by atoms with Gasteiger partial charge in [-0.25, -0.2) is 0 Å². The van der Waals surface area contributed by atoms with Gasteiger partial charge in [0.05, 0.1) is 0 Å². The number of hydrogen-bond acceptors (Lipinski definition) is 2. The quantitative estimate of drug-likeness (QED) is 0.904. The Morgan fingerprint density at radius 2 is 1.43 bits per heavy atom. The molecule has 2 aromatic rings. The minimum absolute atomic E-state index is 0.0570. The average Bonchev–Trinajstić information content (AvgIpc) is 3.33. The molecule has 0 radical (unpaired) electrons. The van der Waals surface area contributed by atoms with Gasteiger partial charge in [0.2, 0.25) is 0 Å². The van der Waals surface area contributed by atoms with Gasteiger partial charge in [-0.3, -0.25) is 9.59 Å². The molecule has 106 valence electrons. The first-order valence-corrected chi connectivity index (χ1v) is 7.00. The highest BCUT2D eigenvalue weighted by molar-refractivity contribution is 6.04. The second kappa shape index (κ2) is 5.79. The molecule has 0 spiro atoms. The SMILES string of the molecule is O=C(Nc1ccc(C(=O)NC2CC2)cc1)c1ccccc1. The van der Waals surface area contributed by atoms with E-state index in [1.54, 1.807) is 36.4 Å². The van der Waals surface area contributed by atoms with Gasteiger partial charge in [-0.15, -0.1) is 0 Å². The second-order valence-corrected chi connectivity index (χ2v) is 5.15. The van der Waals surface area contributed by atoms with E-state index < -0.39 is 0 Å². The molecular weight excluding hydrogens is 264 g/mol. The Kier molecular flexibility index (Phi) is 3.69. The van der Waals surface area contributed by atoms with E-state index in [0.29, 0.717) is 22.9 Å². The normalized spacial score (nSPS) is 13.5. The maximum Gasteiger partial charge on any atom is 0.255 e. The summed E-state index contributed by atoms with van der Waals surface area (Å²) < 4.78 is 0. The molecule has 0 aromatic heterocycles. The van der Waals surface area contributed by atoms with Gasteiger partial charge in [-0.2, -0.15) is 0 Å². The van der Waals surface area contributed by atoms with Crippen LogP contribution in [0.1, 0.15) is 33.6 Å². The third-order valence-electron chi connectivity index (χ3n) is 3.35. The predicted octanol–water partition coefficient (Wildman–Crippen LogP) is 2.83. The van der Waals surface area contributed by atoms with Gasteiger partial charge in [0.1, 0.15) is 0 Å². The molecule has 2 N–H and O–H groups in total. The van der Waals surface area contributed by atoms with Gasteiger partial charge in [0.15, 0.2) is 0 Å². The highest BCUT2D eigenvalue weighted by atomic mass is 16.2. The van der Waals surface area contributed by atoms with E-state index in [-0.39, 0.29) is 11.8 Å². The number of carbonyl (C=O) groups excluding carboxylic acids is 2. The summed E-state index contributed by atoms with van der Waals surface area (Å²) in [6.45, 7) is 0. The van der Waals surface area contributed by atoms with Gasteiger partial charge >= 0.3 is 0 Å². The first-order chi connectivity index (χ1) is 10.2. The minimum atomic E-state index is -0.161. The summed E-state index contributed by atoms with van der Waals surface area (Å²) >= 11 is 0. The fourth-order valence-electron chi connectivity index (χ4n) is 1.99. The third kappa shape index (κ3) is 3.48. The van der Waals surface area contributed by atoms with Gasteiger partial charge in [-0.05, 0) is 49.2 Å². The zero-order valence-electron chi connectivity index (χ0n) is 11.5. The lowest BCUT2D eigenvalue weighted by Gasteiger charge is -2.07. The largest absolute Gasteiger partial charge is 0.349 e. The van der Waals surface area contributed by atoms with Crippen LogP contribution in [0.15, 0.2) is 54.6 Å². The summed E-state index contributed by atoms with van der Waals surface area (Å²) in [5.41, 5.74) is 1.89. The molecular formula is C17H16N2O2. The molecule has 1 fully saturated rings. The van der Waals surface area contributed by atoms with E-state index in [1.807, 2.05) is 18.2 Å². The van der Waals surface area contributed by atoms with Crippen LogP contribution in [-0.2, 0) is 0 Å². The van der Waals surface area contributed by atoms with Gasteiger partial charge in [0, 0.05) is 22.9 Å². The molecule has 1 aliphatic rings. The van der Waals surface area contributed by atoms with Gasteiger partial charge < -0.3 is 10.6 Å². The van der Waals surface area contributed by atoms with Gasteiger partial charge in [-0.1, -0.05) is 18.2 Å². The number of nitrogens with one attached hydrogen (secondary N) is 2. The number of rotatable bonds is 4. The zero-order valence-corrected chi connectivity index (χ0v) is 11.5. The molecule has 0 aliphatic heterocycles. The topological polar surface area (TPSA) is 58.2 Å². The Morgan fingerprint density at radius 1 is 0.810 bits per heavy atom. The smallest absolute Gasteiger partial charge is 0.255 e. The third-order valence-corrected chi connectivity index (χ3v) is 3.35. The number of amides is 2. The summed E-state index contributed by atoms with van der Waals surface area (Å²) in [5, 5.41) is 5.74. The minimum Gasteiger partial charge on any atom is -0.349 e. The summed E-state index contributed by atoms with van der Waals surface area (Å²) in [7, 11) is 0. The van der Waals surface area contributed by atoms with E-state index in [2.05, 4.69) is 10.6 Å². The molecule has 3 rings (SSSR count). The maximum atomic E-state index is 12.0. The van der Waals surface area contributed by atoms with E-state index in [4.69, 9.17) is 0 Å². The standard InChI is InChI=1S/C17H16N2O2/c20-16(12-4-2-1-3-5-12)18-14-8-6-13(7-9-14)17(21)19-15-10-11-15/h1-9,15H,10-11H2,(H,18,20)(H,19,21). The van der Waals surface area contributed by atoms with Crippen molar-refractivity contribution in [1.29, 1.82) is 0 Å². The molecule has 0 saturated heterocycles. The monoisotopic (exact) mass is 280 g/mol. The van der Waals surface area contributed by atoms with Crippen molar-refractivity contribution in [3.05, 3.63) is 65.7 Å². The van der Waals surface area contributed by atoms with Crippen molar-refractivity contribution in [3.8, 4) is 0 Å². The molecule has 1 aliphatic carbocycles. The highest BCUT2D eigenvalue weighted by Gasteiger charge is 2.23. The van der Waals surface area contributed by atoms with Crippen LogP contribution in [0.4, 0.5) is 5.69 Å². The molecule has 2 aromatic carbocycles. The maximum absolute atomic E-state index is 12.0. The Balaban J connectivity index is 1.64. The lowest BCUT2D eigenvalue weighted by molar-refractivity contribution is 0.0950. The first-order valence-electron chi connectivity index (χ1n) is 7.00. The second-order valence-electron chi connectivity index (χ2n) is 5.15. The van der Waals surface area contributed by atoms with Crippen LogP contribution in [0.2, 0.25) is 0 Å². The number of carbonyl (C=O) groups is 2. The van der Waals surface area contributed by atoms with Crippen LogP contribution in [0.5, 0.6) is 0 Å². The molecule has 1 saturated carbocycles. The number of benzene rings is 2. The van der Waals surface area contributed by atoms with Crippen molar-refractivity contribution in [2.45, 2.75) is 18.9 Å². The van der Waals surface area contributed by atoms with Crippen LogP contribution in [0.3, 0.4) is 0 Å². The zero-order chi connectivity index (χ0) is 14.7. The molecule has 21 heavy (non-hydrogen) atoms. The summed E-state index contributed by atoms with van der Waals surface area (Å²) in [4.78, 5) is 23.8. The molecule has 0 atom stereocenters. The first kappa shape index (κ1) is 13.4. The molecule has 4 nitrogen and oxygen atoms in total.